The third kappa shape index (κ3) is 4.84. The molecule has 0 aromatic heterocycles. The standard InChI is InChI=1S/C15H21N3O3/c1-10-3-4-12(17-11(2)19)7-14(10)18-15(20)8-13-9-21-6-5-16-13/h3-4,7,13,16H,5-6,8-9H2,1-2H3,(H,17,19)(H,18,20). The fourth-order valence-electron chi connectivity index (χ4n) is 2.21. The fourth-order valence-corrected chi connectivity index (χ4v) is 2.21. The number of hydrogen-bond acceptors (Lipinski definition) is 4. The van der Waals surface area contributed by atoms with E-state index < -0.39 is 0 Å². The third-order valence-corrected chi connectivity index (χ3v) is 3.26. The van der Waals surface area contributed by atoms with Crippen LogP contribution in [0.4, 0.5) is 11.4 Å². The molecule has 1 fully saturated rings. The summed E-state index contributed by atoms with van der Waals surface area (Å²) in [6.07, 6.45) is 0.365. The first-order valence-electron chi connectivity index (χ1n) is 7.04. The molecular formula is C15H21N3O3. The van der Waals surface area contributed by atoms with E-state index in [1.807, 2.05) is 19.1 Å². The van der Waals surface area contributed by atoms with Crippen LogP contribution in [0.5, 0.6) is 0 Å². The van der Waals surface area contributed by atoms with E-state index in [9.17, 15) is 9.59 Å². The monoisotopic (exact) mass is 291 g/mol. The molecule has 114 valence electrons. The van der Waals surface area contributed by atoms with Crippen LogP contribution in [0, 0.1) is 6.92 Å². The van der Waals surface area contributed by atoms with Crippen molar-refractivity contribution in [3.63, 3.8) is 0 Å². The highest BCUT2D eigenvalue weighted by atomic mass is 16.5. The predicted molar refractivity (Wildman–Crippen MR) is 81.3 cm³/mol. The number of ether oxygens (including phenoxy) is 1. The highest BCUT2D eigenvalue weighted by molar-refractivity contribution is 5.94. The van der Waals surface area contributed by atoms with Gasteiger partial charge in [-0.25, -0.2) is 0 Å². The maximum Gasteiger partial charge on any atom is 0.226 e. The van der Waals surface area contributed by atoms with E-state index in [0.717, 1.165) is 12.1 Å². The summed E-state index contributed by atoms with van der Waals surface area (Å²) in [6, 6.07) is 5.49. The molecule has 1 aliphatic rings. The van der Waals surface area contributed by atoms with Crippen LogP contribution in [0.25, 0.3) is 0 Å². The Morgan fingerprint density at radius 3 is 2.86 bits per heavy atom. The molecule has 1 saturated heterocycles. The first-order valence-corrected chi connectivity index (χ1v) is 7.04. The van der Waals surface area contributed by atoms with Crippen molar-refractivity contribution in [1.82, 2.24) is 5.32 Å². The highest BCUT2D eigenvalue weighted by Gasteiger charge is 2.17. The van der Waals surface area contributed by atoms with Crippen LogP contribution in [0.15, 0.2) is 18.2 Å². The second-order valence-corrected chi connectivity index (χ2v) is 5.19. The molecule has 21 heavy (non-hydrogen) atoms. The molecule has 2 amide bonds. The molecule has 1 aromatic rings. The molecule has 0 saturated carbocycles. The summed E-state index contributed by atoms with van der Waals surface area (Å²) in [7, 11) is 0. The summed E-state index contributed by atoms with van der Waals surface area (Å²) in [5.74, 6) is -0.208. The molecule has 6 nitrogen and oxygen atoms in total. The number of anilines is 2. The Hall–Kier alpha value is -1.92. The largest absolute Gasteiger partial charge is 0.378 e. The molecule has 0 aliphatic carbocycles. The lowest BCUT2D eigenvalue weighted by Crippen LogP contribution is -2.43. The van der Waals surface area contributed by atoms with Crippen molar-refractivity contribution in [3.8, 4) is 0 Å². The van der Waals surface area contributed by atoms with Gasteiger partial charge in [0.1, 0.15) is 0 Å². The van der Waals surface area contributed by atoms with Crippen LogP contribution in [0.2, 0.25) is 0 Å². The summed E-state index contributed by atoms with van der Waals surface area (Å²) >= 11 is 0. The first-order chi connectivity index (χ1) is 10.0. The van der Waals surface area contributed by atoms with E-state index in [2.05, 4.69) is 16.0 Å². The van der Waals surface area contributed by atoms with Crippen LogP contribution < -0.4 is 16.0 Å². The minimum Gasteiger partial charge on any atom is -0.378 e. The van der Waals surface area contributed by atoms with Gasteiger partial charge in [0.25, 0.3) is 0 Å². The van der Waals surface area contributed by atoms with Crippen molar-refractivity contribution < 1.29 is 14.3 Å². The zero-order valence-electron chi connectivity index (χ0n) is 12.4. The molecule has 1 unspecified atom stereocenters. The van der Waals surface area contributed by atoms with Gasteiger partial charge in [0.2, 0.25) is 11.8 Å². The maximum atomic E-state index is 12.1. The second-order valence-electron chi connectivity index (χ2n) is 5.19. The van der Waals surface area contributed by atoms with Gasteiger partial charge in [0, 0.05) is 37.3 Å². The molecule has 0 spiro atoms. The number of morpholine rings is 1. The number of aryl methyl sites for hydroxylation is 1. The lowest BCUT2D eigenvalue weighted by molar-refractivity contribution is -0.117. The second kappa shape index (κ2) is 7.19. The number of hydrogen-bond donors (Lipinski definition) is 3. The molecule has 0 radical (unpaired) electrons. The average molecular weight is 291 g/mol. The first kappa shape index (κ1) is 15.5. The lowest BCUT2D eigenvalue weighted by Gasteiger charge is -2.23. The van der Waals surface area contributed by atoms with Gasteiger partial charge in [-0.2, -0.15) is 0 Å². The summed E-state index contributed by atoms with van der Waals surface area (Å²) in [5.41, 5.74) is 2.33. The fraction of sp³-hybridized carbons (Fsp3) is 0.467. The topological polar surface area (TPSA) is 79.5 Å². The molecule has 1 aromatic carbocycles. The third-order valence-electron chi connectivity index (χ3n) is 3.26. The number of benzene rings is 1. The minimum atomic E-state index is -0.139. The minimum absolute atomic E-state index is 0.0533. The zero-order valence-corrected chi connectivity index (χ0v) is 12.4. The van der Waals surface area contributed by atoms with Gasteiger partial charge in [-0.3, -0.25) is 9.59 Å². The van der Waals surface area contributed by atoms with Gasteiger partial charge >= 0.3 is 0 Å². The van der Waals surface area contributed by atoms with Crippen LogP contribution >= 0.6 is 0 Å². The molecule has 1 heterocycles. The summed E-state index contributed by atoms with van der Waals surface area (Å²) in [4.78, 5) is 23.1. The Bertz CT molecular complexity index is 525. The number of carbonyl (C=O) groups is 2. The molecular weight excluding hydrogens is 270 g/mol. The predicted octanol–water partition coefficient (Wildman–Crippen LogP) is 1.27. The van der Waals surface area contributed by atoms with E-state index in [0.29, 0.717) is 31.0 Å². The Morgan fingerprint density at radius 2 is 2.19 bits per heavy atom. The van der Waals surface area contributed by atoms with Gasteiger partial charge in [-0.15, -0.1) is 0 Å². The van der Waals surface area contributed by atoms with Crippen LogP contribution in [-0.4, -0.2) is 37.6 Å². The van der Waals surface area contributed by atoms with E-state index in [-0.39, 0.29) is 17.9 Å². The number of rotatable bonds is 4. The summed E-state index contributed by atoms with van der Waals surface area (Å²) < 4.78 is 5.33. The Labute approximate surface area is 124 Å². The van der Waals surface area contributed by atoms with Crippen LogP contribution in [0.3, 0.4) is 0 Å². The van der Waals surface area contributed by atoms with E-state index in [1.165, 1.54) is 6.92 Å². The normalized spacial score (nSPS) is 18.1. The van der Waals surface area contributed by atoms with Gasteiger partial charge in [0.05, 0.1) is 13.2 Å². The molecule has 1 aliphatic heterocycles. The lowest BCUT2D eigenvalue weighted by atomic mass is 10.1. The molecule has 3 N–H and O–H groups in total. The Kier molecular flexibility index (Phi) is 5.30. The smallest absolute Gasteiger partial charge is 0.226 e. The summed E-state index contributed by atoms with van der Waals surface area (Å²) in [5, 5.41) is 8.83. The quantitative estimate of drug-likeness (QED) is 0.780. The van der Waals surface area contributed by atoms with E-state index in [4.69, 9.17) is 4.74 Å². The summed E-state index contributed by atoms with van der Waals surface area (Å²) in [6.45, 7) is 5.38. The molecule has 2 rings (SSSR count). The van der Waals surface area contributed by atoms with Gasteiger partial charge in [-0.05, 0) is 24.6 Å². The van der Waals surface area contributed by atoms with Crippen molar-refractivity contribution in [2.24, 2.45) is 0 Å². The van der Waals surface area contributed by atoms with Gasteiger partial charge < -0.3 is 20.7 Å². The molecule has 0 bridgehead atoms. The van der Waals surface area contributed by atoms with Crippen molar-refractivity contribution in [1.29, 1.82) is 0 Å². The Morgan fingerprint density at radius 1 is 1.38 bits per heavy atom. The average Bonchev–Trinajstić information content (AvgIpc) is 2.43. The van der Waals surface area contributed by atoms with Crippen molar-refractivity contribution >= 4 is 23.2 Å². The number of amides is 2. The molecule has 6 heteroatoms. The van der Waals surface area contributed by atoms with E-state index in [1.54, 1.807) is 6.07 Å². The van der Waals surface area contributed by atoms with Crippen molar-refractivity contribution in [2.75, 3.05) is 30.4 Å². The zero-order chi connectivity index (χ0) is 15.2. The maximum absolute atomic E-state index is 12.1. The van der Waals surface area contributed by atoms with Gasteiger partial charge in [-0.1, -0.05) is 6.07 Å². The number of nitrogens with one attached hydrogen (secondary N) is 3. The number of carbonyl (C=O) groups excluding carboxylic acids is 2. The van der Waals surface area contributed by atoms with Gasteiger partial charge in [0.15, 0.2) is 0 Å². The molecule has 1 atom stereocenters. The van der Waals surface area contributed by atoms with Crippen molar-refractivity contribution in [2.45, 2.75) is 26.3 Å². The van der Waals surface area contributed by atoms with E-state index >= 15 is 0 Å². The van der Waals surface area contributed by atoms with Crippen LogP contribution in [-0.2, 0) is 14.3 Å². The highest BCUT2D eigenvalue weighted by Crippen LogP contribution is 2.20. The van der Waals surface area contributed by atoms with Crippen molar-refractivity contribution in [3.05, 3.63) is 23.8 Å². The Balaban J connectivity index is 1.97. The SMILES string of the molecule is CC(=O)Nc1ccc(C)c(NC(=O)CC2COCCN2)c1. The van der Waals surface area contributed by atoms with Crippen LogP contribution in [0.1, 0.15) is 18.9 Å².